The van der Waals surface area contributed by atoms with Crippen LogP contribution in [-0.2, 0) is 133 Å². The number of amides is 1. The van der Waals surface area contributed by atoms with Crippen LogP contribution in [0.3, 0.4) is 0 Å². The molecule has 0 aromatic heterocycles. The third-order valence-corrected chi connectivity index (χ3v) is 11.9. The number of nitrogens with zero attached hydrogens (tertiary/aromatic N) is 1. The molecule has 1 rings (SSSR count). The van der Waals surface area contributed by atoms with Gasteiger partial charge in [0.15, 0.2) is 79.4 Å². The van der Waals surface area contributed by atoms with Crippen molar-refractivity contribution in [3.8, 4) is 11.5 Å². The maximum Gasteiger partial charge on any atom is 0.352 e. The lowest BCUT2D eigenvalue weighted by Gasteiger charge is -2.30. The molecule has 1 aromatic rings. The molecule has 0 fully saturated rings. The van der Waals surface area contributed by atoms with Crippen LogP contribution in [0.25, 0.3) is 0 Å². The normalized spacial score (nSPS) is 15.3. The van der Waals surface area contributed by atoms with Gasteiger partial charge in [0.2, 0.25) is 5.91 Å². The average molecular weight is 1260 g/mol. The highest BCUT2D eigenvalue weighted by Gasteiger charge is 2.36. The highest BCUT2D eigenvalue weighted by molar-refractivity contribution is 5.89. The van der Waals surface area contributed by atoms with E-state index in [9.17, 15) is 71.9 Å². The zero-order valence-corrected chi connectivity index (χ0v) is 52.8. The summed E-state index contributed by atoms with van der Waals surface area (Å²) in [4.78, 5) is 189. The number of carbonyl (C=O) groups is 15. The number of ether oxygens (including phenoxy) is 15. The first-order valence-electron chi connectivity index (χ1n) is 27.4. The summed E-state index contributed by atoms with van der Waals surface area (Å²) in [5.41, 5.74) is 1.14. The monoisotopic (exact) mass is 1260 g/mol. The van der Waals surface area contributed by atoms with Crippen molar-refractivity contribution in [1.82, 2.24) is 4.90 Å². The second-order valence-corrected chi connectivity index (χ2v) is 20.1. The van der Waals surface area contributed by atoms with Crippen molar-refractivity contribution < 1.29 is 143 Å². The quantitative estimate of drug-likeness (QED) is 0.0567. The smallest absolute Gasteiger partial charge is 0.352 e. The fraction of sp³-hybridized carbons (Fsp3) is 0.632. The first-order valence-corrected chi connectivity index (χ1v) is 27.4. The van der Waals surface area contributed by atoms with Crippen molar-refractivity contribution in [3.63, 3.8) is 0 Å². The summed E-state index contributed by atoms with van der Waals surface area (Å²) in [5, 5.41) is 0. The van der Waals surface area contributed by atoms with Gasteiger partial charge in [-0.15, -0.1) is 0 Å². The van der Waals surface area contributed by atoms with E-state index in [0.29, 0.717) is 16.7 Å². The van der Waals surface area contributed by atoms with Crippen LogP contribution in [0.2, 0.25) is 0 Å². The summed E-state index contributed by atoms with van der Waals surface area (Å²) >= 11 is 0. The van der Waals surface area contributed by atoms with Crippen LogP contribution >= 0.6 is 0 Å². The second kappa shape index (κ2) is 35.6. The van der Waals surface area contributed by atoms with Crippen LogP contribution in [-0.4, -0.2) is 193 Å². The number of hydrogen-bond acceptors (Lipinski definition) is 30. The molecule has 31 nitrogen and oxygen atoms in total. The molecule has 0 aliphatic carbocycles. The lowest BCUT2D eigenvalue weighted by molar-refractivity contribution is -0.188. The van der Waals surface area contributed by atoms with E-state index in [-0.39, 0.29) is 30.6 Å². The molecular weight excluding hydrogens is 1180 g/mol. The molecule has 31 heteroatoms. The van der Waals surface area contributed by atoms with Crippen molar-refractivity contribution >= 4 is 89.5 Å². The molecule has 492 valence electrons. The average Bonchev–Trinajstić information content (AvgIpc) is 2.58. The Kier molecular flexibility index (Phi) is 31.2. The van der Waals surface area contributed by atoms with Gasteiger partial charge in [-0.1, -0.05) is 0 Å². The van der Waals surface area contributed by atoms with Gasteiger partial charge >= 0.3 is 83.6 Å². The van der Waals surface area contributed by atoms with Crippen molar-refractivity contribution in [2.75, 3.05) is 13.2 Å². The standard InChI is InChI=1S/C57H79NO30/c1-24(2)58(40(18)59)22-43(87-56(72)38(16)85-54(70)36(14)83-52(68)34(12)81-50(66)32(10)79-48(64)30(8)77-46(62)28(6)75-41(19)60)23-74-44-21-25(3)45(27(5)26(44)4)88-57(73)39(17)86-55(71)37(15)84-53(69)35(13)82-51(67)33(11)80-49(65)31(9)78-47(63)29(7)76-42(20)61/h21,24,28-39,43H,22-23H2,1-20H3. The van der Waals surface area contributed by atoms with Gasteiger partial charge in [0, 0.05) is 26.8 Å². The third-order valence-electron chi connectivity index (χ3n) is 11.9. The Morgan fingerprint density at radius 1 is 0.341 bits per heavy atom. The summed E-state index contributed by atoms with van der Waals surface area (Å²) in [6, 6.07) is 1.10. The molecule has 13 unspecified atom stereocenters. The molecule has 0 aliphatic heterocycles. The molecule has 0 saturated heterocycles. The van der Waals surface area contributed by atoms with Crippen molar-refractivity contribution in [2.24, 2.45) is 0 Å². The van der Waals surface area contributed by atoms with E-state index < -0.39 is 169 Å². The lowest BCUT2D eigenvalue weighted by atomic mass is 10.0. The molecule has 0 saturated carbocycles. The molecule has 0 aliphatic rings. The van der Waals surface area contributed by atoms with Crippen LogP contribution in [0.1, 0.15) is 134 Å². The Morgan fingerprint density at radius 2 is 0.580 bits per heavy atom. The zero-order valence-electron chi connectivity index (χ0n) is 52.8. The predicted octanol–water partition coefficient (Wildman–Crippen LogP) is 2.28. The highest BCUT2D eigenvalue weighted by Crippen LogP contribution is 2.34. The van der Waals surface area contributed by atoms with Gasteiger partial charge in [-0.05, 0) is 140 Å². The fourth-order valence-electron chi connectivity index (χ4n) is 6.78. The Labute approximate surface area is 507 Å². The van der Waals surface area contributed by atoms with Crippen LogP contribution in [0.5, 0.6) is 11.5 Å². The molecule has 13 atom stereocenters. The summed E-state index contributed by atoms with van der Waals surface area (Å²) in [7, 11) is 0. The summed E-state index contributed by atoms with van der Waals surface area (Å²) in [6.07, 6.45) is -20.1. The molecule has 88 heavy (non-hydrogen) atoms. The van der Waals surface area contributed by atoms with Gasteiger partial charge in [0.05, 0.1) is 6.54 Å². The topological polar surface area (TPSA) is 398 Å². The predicted molar refractivity (Wildman–Crippen MR) is 292 cm³/mol. The maximum absolute atomic E-state index is 13.5. The highest BCUT2D eigenvalue weighted by atomic mass is 16.7. The number of esters is 14. The van der Waals surface area contributed by atoms with E-state index in [0.717, 1.165) is 76.2 Å². The van der Waals surface area contributed by atoms with Gasteiger partial charge in [0.1, 0.15) is 18.1 Å². The number of carbonyl (C=O) groups excluding carboxylic acids is 15. The van der Waals surface area contributed by atoms with Crippen LogP contribution in [0.4, 0.5) is 0 Å². The summed E-state index contributed by atoms with van der Waals surface area (Å²) in [5.74, 6) is -15.7. The molecule has 1 amide bonds. The Balaban J connectivity index is 2.97. The summed E-state index contributed by atoms with van der Waals surface area (Å²) in [6.45, 7) is 24.6. The van der Waals surface area contributed by atoms with E-state index in [1.165, 1.54) is 38.7 Å². The van der Waals surface area contributed by atoms with Gasteiger partial charge in [-0.25, -0.2) is 57.5 Å². The van der Waals surface area contributed by atoms with Crippen molar-refractivity contribution in [3.05, 3.63) is 22.8 Å². The number of rotatable bonds is 32. The molecule has 1 aromatic carbocycles. The minimum Gasteiger partial charge on any atom is -0.489 e. The molecular formula is C57H79NO30. The van der Waals surface area contributed by atoms with E-state index in [1.807, 2.05) is 0 Å². The number of aryl methyl sites for hydroxylation is 1. The molecule has 0 heterocycles. The largest absolute Gasteiger partial charge is 0.489 e. The van der Waals surface area contributed by atoms with Gasteiger partial charge < -0.3 is 76.0 Å². The lowest BCUT2D eigenvalue weighted by Crippen LogP contribution is -2.45. The van der Waals surface area contributed by atoms with Gasteiger partial charge in [0.25, 0.3) is 0 Å². The molecule has 0 N–H and O–H groups in total. The van der Waals surface area contributed by atoms with Gasteiger partial charge in [-0.3, -0.25) is 14.4 Å². The first kappa shape index (κ1) is 77.1. The van der Waals surface area contributed by atoms with Crippen LogP contribution in [0, 0.1) is 20.8 Å². The second-order valence-electron chi connectivity index (χ2n) is 20.1. The van der Waals surface area contributed by atoms with E-state index in [4.69, 9.17) is 61.6 Å². The maximum atomic E-state index is 13.5. The number of benzene rings is 1. The first-order chi connectivity index (χ1) is 40.6. The third kappa shape index (κ3) is 25.6. The Bertz CT molecular complexity index is 2750. The molecule has 0 bridgehead atoms. The van der Waals surface area contributed by atoms with Crippen LogP contribution < -0.4 is 9.47 Å². The zero-order chi connectivity index (χ0) is 67.9. The van der Waals surface area contributed by atoms with E-state index >= 15 is 0 Å². The Hall–Kier alpha value is -8.93. The SMILES string of the molecule is CC(=O)OC(C)C(=O)OC(C)C(=O)OC(C)C(=O)OC(C)C(=O)OC(C)C(=O)OC(C)C(=O)Oc1c(C)cc(OCC(CN(C(C)=O)C(C)C)OC(=O)C(C)OC(=O)C(C)OC(=O)C(C)OC(=O)C(C)OC(=O)C(C)OC(=O)C(C)OC(C)=O)c(C)c1C. The van der Waals surface area contributed by atoms with Gasteiger partial charge in [-0.2, -0.15) is 0 Å². The molecule has 0 radical (unpaired) electrons. The molecule has 0 spiro atoms. The van der Waals surface area contributed by atoms with Crippen molar-refractivity contribution in [1.29, 1.82) is 0 Å². The van der Waals surface area contributed by atoms with E-state index in [2.05, 4.69) is 9.47 Å². The fourth-order valence-corrected chi connectivity index (χ4v) is 6.78. The summed E-state index contributed by atoms with van der Waals surface area (Å²) < 4.78 is 76.9. The van der Waals surface area contributed by atoms with Crippen LogP contribution in [0.15, 0.2) is 6.07 Å². The minimum atomic E-state index is -1.68. The Morgan fingerprint density at radius 3 is 0.818 bits per heavy atom. The van der Waals surface area contributed by atoms with Crippen molar-refractivity contribution in [2.45, 2.75) is 224 Å². The minimum absolute atomic E-state index is 0.0460. The number of hydrogen-bond donors (Lipinski definition) is 0. The van der Waals surface area contributed by atoms with E-state index in [1.54, 1.807) is 34.6 Å².